The van der Waals surface area contributed by atoms with Crippen molar-refractivity contribution in [3.8, 4) is 0 Å². The van der Waals surface area contributed by atoms with Gasteiger partial charge in [-0.25, -0.2) is 0 Å². The molecule has 3 N–H and O–H groups in total. The van der Waals surface area contributed by atoms with E-state index >= 15 is 0 Å². The summed E-state index contributed by atoms with van der Waals surface area (Å²) >= 11 is 5.79. The molecule has 0 saturated carbocycles. The Hall–Kier alpha value is -0.980. The number of halogens is 1. The van der Waals surface area contributed by atoms with Crippen molar-refractivity contribution in [1.29, 1.82) is 0 Å². The summed E-state index contributed by atoms with van der Waals surface area (Å²) < 4.78 is 28.5. The fraction of sp³-hybridized carbons (Fsp3) is 0.500. The van der Waals surface area contributed by atoms with E-state index in [1.165, 1.54) is 10.4 Å². The molecule has 1 aliphatic heterocycles. The summed E-state index contributed by atoms with van der Waals surface area (Å²) in [7, 11) is -3.53. The van der Waals surface area contributed by atoms with E-state index in [1.54, 1.807) is 12.1 Å². The second kappa shape index (κ2) is 5.98. The van der Waals surface area contributed by atoms with Crippen LogP contribution in [-0.4, -0.2) is 25.8 Å². The summed E-state index contributed by atoms with van der Waals surface area (Å²) in [5.74, 6) is 0. The number of rotatable bonds is 3. The third kappa shape index (κ3) is 3.75. The van der Waals surface area contributed by atoms with Gasteiger partial charge in [-0.1, -0.05) is 24.4 Å². The minimum Gasteiger partial charge on any atom is -0.397 e. The van der Waals surface area contributed by atoms with Crippen molar-refractivity contribution in [2.45, 2.75) is 25.7 Å². The topological polar surface area (TPSA) is 75.4 Å². The van der Waals surface area contributed by atoms with E-state index in [2.05, 4.69) is 4.72 Å². The van der Waals surface area contributed by atoms with E-state index in [-0.39, 0.29) is 0 Å². The van der Waals surface area contributed by atoms with E-state index in [1.807, 2.05) is 0 Å². The molecule has 0 atom stereocenters. The number of hydrogen-bond acceptors (Lipinski definition) is 3. The molecular formula is C12H18ClN3O2S. The Morgan fingerprint density at radius 1 is 1.16 bits per heavy atom. The Balaban J connectivity index is 2.15. The maximum absolute atomic E-state index is 12.3. The predicted molar refractivity (Wildman–Crippen MR) is 78.4 cm³/mol. The third-order valence-electron chi connectivity index (χ3n) is 3.16. The first-order chi connectivity index (χ1) is 8.99. The molecule has 1 saturated heterocycles. The van der Waals surface area contributed by atoms with Gasteiger partial charge in [-0.15, -0.1) is 0 Å². The summed E-state index contributed by atoms with van der Waals surface area (Å²) in [6, 6.07) is 4.72. The highest BCUT2D eigenvalue weighted by atomic mass is 35.5. The molecule has 1 aliphatic rings. The minimum atomic E-state index is -3.53. The van der Waals surface area contributed by atoms with Crippen molar-refractivity contribution < 1.29 is 8.42 Å². The van der Waals surface area contributed by atoms with Crippen molar-refractivity contribution in [1.82, 2.24) is 4.31 Å². The van der Waals surface area contributed by atoms with Crippen molar-refractivity contribution in [2.24, 2.45) is 0 Å². The summed E-state index contributed by atoms with van der Waals surface area (Å²) in [6.07, 6.45) is 3.96. The number of nitrogens with one attached hydrogen (secondary N) is 1. The lowest BCUT2D eigenvalue weighted by Gasteiger charge is -2.21. The molecule has 1 heterocycles. The van der Waals surface area contributed by atoms with Gasteiger partial charge in [-0.05, 0) is 31.0 Å². The number of nitrogens with two attached hydrogens (primary N) is 1. The lowest BCUT2D eigenvalue weighted by molar-refractivity contribution is 0.427. The van der Waals surface area contributed by atoms with Gasteiger partial charge in [-0.3, -0.25) is 4.72 Å². The maximum atomic E-state index is 12.3. The molecule has 5 nitrogen and oxygen atoms in total. The standard InChI is InChI=1S/C12H18ClN3O2S/c13-10-5-6-12(11(14)9-10)15-19(17,18)16-7-3-1-2-4-8-16/h5-6,9,15H,1-4,7-8,14H2. The number of nitrogen functional groups attached to an aromatic ring is 1. The Morgan fingerprint density at radius 3 is 2.37 bits per heavy atom. The van der Waals surface area contributed by atoms with Crippen molar-refractivity contribution in [3.63, 3.8) is 0 Å². The van der Waals surface area contributed by atoms with Gasteiger partial charge >= 0.3 is 10.2 Å². The SMILES string of the molecule is Nc1cc(Cl)ccc1NS(=O)(=O)N1CCCCCC1. The van der Waals surface area contributed by atoms with Crippen LogP contribution in [0.3, 0.4) is 0 Å². The van der Waals surface area contributed by atoms with Crippen LogP contribution in [0.15, 0.2) is 18.2 Å². The Morgan fingerprint density at radius 2 is 1.79 bits per heavy atom. The lowest BCUT2D eigenvalue weighted by atomic mass is 10.2. The number of nitrogens with zero attached hydrogens (tertiary/aromatic N) is 1. The number of anilines is 2. The van der Waals surface area contributed by atoms with Crippen LogP contribution in [0.5, 0.6) is 0 Å². The monoisotopic (exact) mass is 303 g/mol. The van der Waals surface area contributed by atoms with Crippen LogP contribution in [0.4, 0.5) is 11.4 Å². The van der Waals surface area contributed by atoms with Gasteiger partial charge < -0.3 is 5.73 Å². The molecule has 0 radical (unpaired) electrons. The van der Waals surface area contributed by atoms with Crippen LogP contribution >= 0.6 is 11.6 Å². The average Bonchev–Trinajstić information content (AvgIpc) is 2.62. The fourth-order valence-corrected chi connectivity index (χ4v) is 3.62. The third-order valence-corrected chi connectivity index (χ3v) is 4.92. The zero-order chi connectivity index (χ0) is 13.9. The van der Waals surface area contributed by atoms with Crippen molar-refractivity contribution in [3.05, 3.63) is 23.2 Å². The second-order valence-corrected chi connectivity index (χ2v) is 6.76. The minimum absolute atomic E-state index is 0.325. The van der Waals surface area contributed by atoms with E-state index < -0.39 is 10.2 Å². The molecule has 106 valence electrons. The lowest BCUT2D eigenvalue weighted by Crippen LogP contribution is -2.36. The van der Waals surface area contributed by atoms with Crippen LogP contribution in [0.2, 0.25) is 5.02 Å². The van der Waals surface area contributed by atoms with Gasteiger partial charge in [-0.2, -0.15) is 12.7 Å². The largest absolute Gasteiger partial charge is 0.397 e. The summed E-state index contributed by atoms with van der Waals surface area (Å²) in [6.45, 7) is 1.12. The van der Waals surface area contributed by atoms with Crippen LogP contribution in [0.25, 0.3) is 0 Å². The van der Waals surface area contributed by atoms with E-state index in [9.17, 15) is 8.42 Å². The fourth-order valence-electron chi connectivity index (χ4n) is 2.11. The molecule has 7 heteroatoms. The normalized spacial score (nSPS) is 17.9. The number of benzene rings is 1. The molecule has 1 fully saturated rings. The number of hydrogen-bond donors (Lipinski definition) is 2. The first-order valence-electron chi connectivity index (χ1n) is 6.32. The summed E-state index contributed by atoms with van der Waals surface area (Å²) in [4.78, 5) is 0. The average molecular weight is 304 g/mol. The first kappa shape index (κ1) is 14.4. The molecule has 19 heavy (non-hydrogen) atoms. The molecular weight excluding hydrogens is 286 g/mol. The molecule has 1 aromatic rings. The van der Waals surface area contributed by atoms with Gasteiger partial charge in [0.2, 0.25) is 0 Å². The molecule has 0 unspecified atom stereocenters. The molecule has 0 bridgehead atoms. The van der Waals surface area contributed by atoms with Gasteiger partial charge in [0.1, 0.15) is 0 Å². The van der Waals surface area contributed by atoms with Crippen molar-refractivity contribution in [2.75, 3.05) is 23.5 Å². The molecule has 0 amide bonds. The zero-order valence-electron chi connectivity index (χ0n) is 10.6. The summed E-state index contributed by atoms with van der Waals surface area (Å²) in [5.41, 5.74) is 6.45. The van der Waals surface area contributed by atoms with Gasteiger partial charge in [0.05, 0.1) is 11.4 Å². The van der Waals surface area contributed by atoms with Gasteiger partial charge in [0.15, 0.2) is 0 Å². The quantitative estimate of drug-likeness (QED) is 0.842. The predicted octanol–water partition coefficient (Wildman–Crippen LogP) is 2.45. The van der Waals surface area contributed by atoms with E-state index in [4.69, 9.17) is 17.3 Å². The van der Waals surface area contributed by atoms with E-state index in [0.717, 1.165) is 25.7 Å². The maximum Gasteiger partial charge on any atom is 0.301 e. The Bertz CT molecular complexity index is 540. The molecule has 0 aliphatic carbocycles. The molecule has 0 spiro atoms. The van der Waals surface area contributed by atoms with Crippen LogP contribution in [-0.2, 0) is 10.2 Å². The smallest absolute Gasteiger partial charge is 0.301 e. The first-order valence-corrected chi connectivity index (χ1v) is 8.14. The zero-order valence-corrected chi connectivity index (χ0v) is 12.2. The molecule has 1 aromatic carbocycles. The van der Waals surface area contributed by atoms with E-state index in [0.29, 0.717) is 29.5 Å². The molecule has 2 rings (SSSR count). The van der Waals surface area contributed by atoms with Gasteiger partial charge in [0, 0.05) is 18.1 Å². The van der Waals surface area contributed by atoms with Gasteiger partial charge in [0.25, 0.3) is 0 Å². The highest BCUT2D eigenvalue weighted by Gasteiger charge is 2.23. The highest BCUT2D eigenvalue weighted by Crippen LogP contribution is 2.25. The van der Waals surface area contributed by atoms with Crippen LogP contribution in [0, 0.1) is 0 Å². The van der Waals surface area contributed by atoms with Crippen molar-refractivity contribution >= 4 is 33.2 Å². The second-order valence-electron chi connectivity index (χ2n) is 4.65. The Labute approximate surface area is 118 Å². The summed E-state index contributed by atoms with van der Waals surface area (Å²) in [5, 5.41) is 0.482. The Kier molecular flexibility index (Phi) is 4.54. The van der Waals surface area contributed by atoms with Crippen LogP contribution in [0.1, 0.15) is 25.7 Å². The molecule has 0 aromatic heterocycles. The highest BCUT2D eigenvalue weighted by molar-refractivity contribution is 7.90. The van der Waals surface area contributed by atoms with Crippen LogP contribution < -0.4 is 10.5 Å².